The minimum atomic E-state index is -1.23. The van der Waals surface area contributed by atoms with Gasteiger partial charge in [-0.1, -0.05) is 6.07 Å². The van der Waals surface area contributed by atoms with Crippen molar-refractivity contribution in [2.45, 2.75) is 10.9 Å². The van der Waals surface area contributed by atoms with E-state index in [1.165, 1.54) is 22.9 Å². The Balaban J connectivity index is 2.08. The van der Waals surface area contributed by atoms with Gasteiger partial charge in [0.15, 0.2) is 6.04 Å². The molecule has 134 valence electrons. The van der Waals surface area contributed by atoms with Crippen molar-refractivity contribution in [1.82, 2.24) is 10.4 Å². The number of ether oxygens (including phenoxy) is 1. The Bertz CT molecular complexity index is 859. The van der Waals surface area contributed by atoms with E-state index in [0.717, 1.165) is 4.90 Å². The first-order chi connectivity index (χ1) is 12.6. The second-order valence-electron chi connectivity index (χ2n) is 5.43. The number of methoxy groups -OCH3 is 1. The van der Waals surface area contributed by atoms with Crippen LogP contribution in [-0.2, 0) is 9.59 Å². The highest BCUT2D eigenvalue weighted by Crippen LogP contribution is 2.39. The molecule has 2 heterocycles. The van der Waals surface area contributed by atoms with Crippen molar-refractivity contribution in [2.24, 2.45) is 5.84 Å². The molecule has 0 spiro atoms. The lowest BCUT2D eigenvalue weighted by molar-refractivity contribution is -0.124. The summed E-state index contributed by atoms with van der Waals surface area (Å²) in [6.45, 7) is 0. The van der Waals surface area contributed by atoms with Gasteiger partial charge in [0, 0.05) is 11.1 Å². The molecular weight excluding hydrogens is 354 g/mol. The molecular formula is C17H17N5O3S. The number of amides is 2. The topological polar surface area (TPSA) is 121 Å². The van der Waals surface area contributed by atoms with Crippen molar-refractivity contribution in [1.29, 1.82) is 5.41 Å². The van der Waals surface area contributed by atoms with E-state index in [0.29, 0.717) is 17.1 Å². The van der Waals surface area contributed by atoms with E-state index in [-0.39, 0.29) is 17.4 Å². The van der Waals surface area contributed by atoms with E-state index in [4.69, 9.17) is 16.0 Å². The molecule has 1 atom stereocenters. The van der Waals surface area contributed by atoms with Gasteiger partial charge in [-0.25, -0.2) is 5.84 Å². The van der Waals surface area contributed by atoms with Gasteiger partial charge < -0.3 is 10.1 Å². The number of carbonyl (C=O) groups excluding carboxylic acids is 2. The molecule has 1 aliphatic rings. The predicted molar refractivity (Wildman–Crippen MR) is 98.4 cm³/mol. The molecule has 1 aliphatic heterocycles. The van der Waals surface area contributed by atoms with Crippen molar-refractivity contribution in [3.63, 3.8) is 0 Å². The number of pyridine rings is 1. The number of hydrogen-bond donors (Lipinski definition) is 3. The monoisotopic (exact) mass is 371 g/mol. The lowest BCUT2D eigenvalue weighted by Gasteiger charge is -2.34. The number of benzene rings is 1. The Morgan fingerprint density at radius 1 is 1.42 bits per heavy atom. The molecule has 0 saturated carbocycles. The molecule has 0 saturated heterocycles. The van der Waals surface area contributed by atoms with Crippen LogP contribution in [0.3, 0.4) is 0 Å². The van der Waals surface area contributed by atoms with Gasteiger partial charge in [0.25, 0.3) is 5.91 Å². The summed E-state index contributed by atoms with van der Waals surface area (Å²) in [6.07, 6.45) is 1.52. The van der Waals surface area contributed by atoms with Gasteiger partial charge in [0.1, 0.15) is 5.75 Å². The number of hydrogen-bond acceptors (Lipinski definition) is 7. The van der Waals surface area contributed by atoms with Crippen molar-refractivity contribution in [3.05, 3.63) is 48.3 Å². The van der Waals surface area contributed by atoms with E-state index in [1.54, 1.807) is 43.5 Å². The van der Waals surface area contributed by atoms with Crippen molar-refractivity contribution >= 4 is 35.0 Å². The number of nitrogens with one attached hydrogen (secondary N) is 2. The van der Waals surface area contributed by atoms with Crippen LogP contribution in [0.5, 0.6) is 5.75 Å². The zero-order valence-electron chi connectivity index (χ0n) is 13.9. The van der Waals surface area contributed by atoms with Gasteiger partial charge in [0.05, 0.1) is 30.0 Å². The SMILES string of the molecule is COc1ccc2c(c1)SCC(=O)N2C(C(=N)c1ccccn1)C(=O)NN. The van der Waals surface area contributed by atoms with Gasteiger partial charge >= 0.3 is 0 Å². The zero-order chi connectivity index (χ0) is 18.7. The third-order valence-corrected chi connectivity index (χ3v) is 4.94. The quantitative estimate of drug-likeness (QED) is 0.311. The molecule has 1 aromatic carbocycles. The normalized spacial score (nSPS) is 14.4. The summed E-state index contributed by atoms with van der Waals surface area (Å²) in [5.41, 5.74) is 2.76. The maximum atomic E-state index is 12.6. The van der Waals surface area contributed by atoms with Crippen molar-refractivity contribution < 1.29 is 14.3 Å². The fourth-order valence-corrected chi connectivity index (χ4v) is 3.61. The molecule has 8 nitrogen and oxygen atoms in total. The number of fused-ring (bicyclic) bond motifs is 1. The average Bonchev–Trinajstić information content (AvgIpc) is 2.69. The third kappa shape index (κ3) is 3.26. The summed E-state index contributed by atoms with van der Waals surface area (Å²) < 4.78 is 5.22. The Kier molecular flexibility index (Phi) is 5.19. The maximum Gasteiger partial charge on any atom is 0.263 e. The molecule has 0 aliphatic carbocycles. The Labute approximate surface area is 154 Å². The van der Waals surface area contributed by atoms with Crippen LogP contribution in [0.15, 0.2) is 47.5 Å². The van der Waals surface area contributed by atoms with E-state index < -0.39 is 11.9 Å². The van der Waals surface area contributed by atoms with Gasteiger partial charge in [-0.2, -0.15) is 0 Å². The van der Waals surface area contributed by atoms with Crippen LogP contribution in [0.2, 0.25) is 0 Å². The number of hydrazine groups is 1. The number of carbonyl (C=O) groups is 2. The van der Waals surface area contributed by atoms with Gasteiger partial charge in [-0.05, 0) is 30.3 Å². The lowest BCUT2D eigenvalue weighted by Crippen LogP contribution is -2.57. The van der Waals surface area contributed by atoms with Crippen LogP contribution in [-0.4, -0.2) is 41.4 Å². The lowest BCUT2D eigenvalue weighted by atomic mass is 10.0. The number of anilines is 1. The zero-order valence-corrected chi connectivity index (χ0v) is 14.7. The molecule has 2 amide bonds. The van der Waals surface area contributed by atoms with E-state index in [2.05, 4.69) is 10.4 Å². The molecule has 4 N–H and O–H groups in total. The number of thioether (sulfide) groups is 1. The minimum absolute atomic E-state index is 0.115. The Morgan fingerprint density at radius 2 is 2.23 bits per heavy atom. The van der Waals surface area contributed by atoms with Gasteiger partial charge in [-0.15, -0.1) is 11.8 Å². The molecule has 0 bridgehead atoms. The number of aromatic nitrogens is 1. The fraction of sp³-hybridized carbons (Fsp3) is 0.176. The third-order valence-electron chi connectivity index (χ3n) is 3.91. The Hall–Kier alpha value is -2.91. The smallest absolute Gasteiger partial charge is 0.263 e. The summed E-state index contributed by atoms with van der Waals surface area (Å²) in [7, 11) is 1.56. The highest BCUT2D eigenvalue weighted by molar-refractivity contribution is 8.00. The second kappa shape index (κ2) is 7.54. The van der Waals surface area contributed by atoms with Crippen molar-refractivity contribution in [3.8, 4) is 5.75 Å². The van der Waals surface area contributed by atoms with Gasteiger partial charge in [0.2, 0.25) is 5.91 Å². The van der Waals surface area contributed by atoms with E-state index in [9.17, 15) is 9.59 Å². The number of rotatable bonds is 5. The molecule has 9 heteroatoms. The molecule has 26 heavy (non-hydrogen) atoms. The van der Waals surface area contributed by atoms with E-state index in [1.807, 2.05) is 0 Å². The predicted octanol–water partition coefficient (Wildman–Crippen LogP) is 0.955. The number of nitrogens with two attached hydrogens (primary N) is 1. The molecule has 0 radical (unpaired) electrons. The minimum Gasteiger partial charge on any atom is -0.497 e. The highest BCUT2D eigenvalue weighted by Gasteiger charge is 2.38. The van der Waals surface area contributed by atoms with E-state index >= 15 is 0 Å². The Morgan fingerprint density at radius 3 is 2.88 bits per heavy atom. The largest absolute Gasteiger partial charge is 0.497 e. The summed E-state index contributed by atoms with van der Waals surface area (Å²) >= 11 is 1.35. The van der Waals surface area contributed by atoms with Crippen LogP contribution in [0.1, 0.15) is 5.69 Å². The summed E-state index contributed by atoms with van der Waals surface area (Å²) in [5, 5.41) is 8.46. The second-order valence-corrected chi connectivity index (χ2v) is 6.44. The number of nitrogens with zero attached hydrogens (tertiary/aromatic N) is 2. The maximum absolute atomic E-state index is 12.6. The van der Waals surface area contributed by atoms with Crippen LogP contribution in [0.25, 0.3) is 0 Å². The van der Waals surface area contributed by atoms with Crippen LogP contribution in [0.4, 0.5) is 5.69 Å². The molecule has 2 aromatic rings. The molecule has 3 rings (SSSR count). The molecule has 0 fully saturated rings. The fourth-order valence-electron chi connectivity index (χ4n) is 2.68. The van der Waals surface area contributed by atoms with Crippen LogP contribution >= 0.6 is 11.8 Å². The molecule has 1 aromatic heterocycles. The first kappa shape index (κ1) is 17.9. The van der Waals surface area contributed by atoms with Crippen LogP contribution in [0, 0.1) is 5.41 Å². The van der Waals surface area contributed by atoms with Crippen molar-refractivity contribution in [2.75, 3.05) is 17.8 Å². The standard InChI is InChI=1S/C17H17N5O3S/c1-25-10-5-6-12-13(8-10)26-9-14(23)22(12)16(17(24)21-19)15(18)11-4-2-3-7-20-11/h2-8,16,18H,9,19H2,1H3,(H,21,24). The first-order valence-electron chi connectivity index (χ1n) is 7.70. The first-order valence-corrected chi connectivity index (χ1v) is 8.68. The van der Waals surface area contributed by atoms with Gasteiger partial charge in [-0.3, -0.25) is 24.9 Å². The summed E-state index contributed by atoms with van der Waals surface area (Å²) in [6, 6.07) is 8.99. The van der Waals surface area contributed by atoms with Crippen LogP contribution < -0.4 is 20.9 Å². The summed E-state index contributed by atoms with van der Waals surface area (Å²) in [5.74, 6) is 5.16. The average molecular weight is 371 g/mol. The summed E-state index contributed by atoms with van der Waals surface area (Å²) in [4.78, 5) is 31.3. The molecule has 1 unspecified atom stereocenters. The highest BCUT2D eigenvalue weighted by atomic mass is 32.2.